The summed E-state index contributed by atoms with van der Waals surface area (Å²) in [5.41, 5.74) is -1.83. The van der Waals surface area contributed by atoms with E-state index in [9.17, 15) is 5.11 Å². The van der Waals surface area contributed by atoms with Crippen molar-refractivity contribution >= 4 is 12.4 Å². The minimum absolute atomic E-state index is 0. The van der Waals surface area contributed by atoms with Gasteiger partial charge in [-0.25, -0.2) is 0 Å². The van der Waals surface area contributed by atoms with Crippen LogP contribution < -0.4 is 0 Å². The number of aliphatic hydroxyl groups excluding tert-OH is 1. The number of hydrogen-bond acceptors (Lipinski definition) is 8. The van der Waals surface area contributed by atoms with Crippen molar-refractivity contribution in [2.45, 2.75) is 74.3 Å². The van der Waals surface area contributed by atoms with Crippen LogP contribution in [0.4, 0.5) is 0 Å². The molecule has 7 aliphatic rings. The molecule has 0 aromatic heterocycles. The molecule has 1 unspecified atom stereocenters. The molecule has 2 saturated heterocycles. The van der Waals surface area contributed by atoms with Gasteiger partial charge in [0.2, 0.25) is 0 Å². The summed E-state index contributed by atoms with van der Waals surface area (Å²) in [5.74, 6) is 0.813. The van der Waals surface area contributed by atoms with E-state index in [1.165, 1.54) is 0 Å². The highest BCUT2D eigenvalue weighted by Crippen LogP contribution is 2.82. The van der Waals surface area contributed by atoms with Crippen LogP contribution in [0.2, 0.25) is 0 Å². The average Bonchev–Trinajstić information content (AvgIpc) is 3.42. The van der Waals surface area contributed by atoms with Gasteiger partial charge in [-0.15, -0.1) is 12.4 Å². The Bertz CT molecular complexity index is 866. The van der Waals surface area contributed by atoms with Gasteiger partial charge in [-0.2, -0.15) is 0 Å². The maximum Gasteiger partial charge on any atom is 0.148 e. The molecular weight excluding hydrogens is 474 g/mol. The van der Waals surface area contributed by atoms with Crippen LogP contribution in [0.1, 0.15) is 32.6 Å². The van der Waals surface area contributed by atoms with Gasteiger partial charge in [0.15, 0.2) is 0 Å². The quantitative estimate of drug-likeness (QED) is 0.573. The second kappa shape index (κ2) is 7.99. The van der Waals surface area contributed by atoms with Gasteiger partial charge in [0, 0.05) is 70.0 Å². The summed E-state index contributed by atoms with van der Waals surface area (Å²) in [5, 5.41) is 12.6. The van der Waals surface area contributed by atoms with Gasteiger partial charge in [0.1, 0.15) is 18.0 Å². The van der Waals surface area contributed by atoms with E-state index in [1.54, 1.807) is 7.11 Å². The number of rotatable bonds is 6. The Morgan fingerprint density at radius 3 is 2.54 bits per heavy atom. The molecule has 3 spiro atoms. The second-order valence-electron chi connectivity index (χ2n) is 12.2. The Morgan fingerprint density at radius 2 is 1.89 bits per heavy atom. The number of methoxy groups -OCH3 is 4. The van der Waals surface area contributed by atoms with Crippen LogP contribution in [-0.4, -0.2) is 107 Å². The van der Waals surface area contributed by atoms with Crippen LogP contribution in [-0.2, 0) is 28.4 Å². The number of nitrogens with zero attached hydrogens (tertiary/aromatic N) is 1. The van der Waals surface area contributed by atoms with E-state index in [1.807, 2.05) is 21.3 Å². The van der Waals surface area contributed by atoms with E-state index < -0.39 is 17.3 Å². The van der Waals surface area contributed by atoms with Crippen molar-refractivity contribution in [3.05, 3.63) is 0 Å². The molecule has 7 rings (SSSR count). The molecule has 8 nitrogen and oxygen atoms in total. The van der Waals surface area contributed by atoms with Gasteiger partial charge in [0.25, 0.3) is 0 Å². The molecule has 2 aliphatic heterocycles. The summed E-state index contributed by atoms with van der Waals surface area (Å²) >= 11 is 0. The smallest absolute Gasteiger partial charge is 0.148 e. The molecule has 0 aromatic rings. The van der Waals surface area contributed by atoms with Crippen molar-refractivity contribution in [1.29, 1.82) is 0 Å². The molecule has 1 N–H and O–H groups in total. The fourth-order valence-corrected chi connectivity index (χ4v) is 11.7. The maximum atomic E-state index is 12.6. The van der Waals surface area contributed by atoms with Gasteiger partial charge in [-0.3, -0.25) is 4.90 Å². The fourth-order valence-electron chi connectivity index (χ4n) is 11.7. The van der Waals surface area contributed by atoms with E-state index in [0.717, 1.165) is 38.8 Å². The number of piperidine rings is 1. The van der Waals surface area contributed by atoms with Crippen molar-refractivity contribution in [2.24, 2.45) is 34.5 Å². The zero-order chi connectivity index (χ0) is 23.7. The summed E-state index contributed by atoms with van der Waals surface area (Å²) in [6.45, 7) is 4.93. The van der Waals surface area contributed by atoms with E-state index >= 15 is 0 Å². The van der Waals surface area contributed by atoms with E-state index in [0.29, 0.717) is 18.4 Å². The molecular formula is C26H42ClNO7. The minimum Gasteiger partial charge on any atom is -0.390 e. The molecule has 7 fully saturated rings. The number of hydrogen-bond donors (Lipinski definition) is 1. The SMILES string of the molecule is CCN1C[C@]2(COC)CC[C@H](OC)C34[C@@H]5C[C@H]6[C@H](OC)[C@@H]5[C@@]5(C[C@@H]6OC)OCO[C@]5([C@H]13)[C@@H](O)[C@@H]42.Cl. The molecule has 200 valence electrons. The van der Waals surface area contributed by atoms with Gasteiger partial charge < -0.3 is 33.5 Å². The van der Waals surface area contributed by atoms with Crippen LogP contribution in [0.25, 0.3) is 0 Å². The standard InChI is InChI=1S/C26H41NO7.ClH/c1-6-27-11-23(12-29-2)8-7-17(31-4)25-15-9-14-16(30-3)10-24(18(15)19(14)32-5)26(22(25)27,34-13-33-24)21(28)20(23)25;/h14-22,28H,6-13H2,1-5H3;1H/t14-,15-,16+,17+,18-,19+,20-,21+,22-,23+,24-,25?,26+;/m1./s1. The fraction of sp³-hybridized carbons (Fsp3) is 1.00. The number of fused-ring (bicyclic) bond motifs is 1. The first-order valence-corrected chi connectivity index (χ1v) is 13.2. The van der Waals surface area contributed by atoms with Crippen LogP contribution >= 0.6 is 12.4 Å². The van der Waals surface area contributed by atoms with Crippen LogP contribution in [0, 0.1) is 34.5 Å². The topological polar surface area (TPSA) is 78.9 Å². The molecule has 13 atom stereocenters. The van der Waals surface area contributed by atoms with Gasteiger partial charge in [0.05, 0.1) is 37.1 Å². The number of likely N-dealkylation sites (tertiary alicyclic amines) is 1. The Kier molecular flexibility index (Phi) is 5.77. The molecule has 5 aliphatic carbocycles. The molecule has 0 amide bonds. The third-order valence-electron chi connectivity index (χ3n) is 12.0. The van der Waals surface area contributed by atoms with Crippen molar-refractivity contribution < 1.29 is 33.5 Å². The van der Waals surface area contributed by atoms with Gasteiger partial charge >= 0.3 is 0 Å². The first-order valence-electron chi connectivity index (χ1n) is 13.2. The lowest BCUT2D eigenvalue weighted by atomic mass is 9.42. The Morgan fingerprint density at radius 1 is 1.09 bits per heavy atom. The molecule has 0 aromatic carbocycles. The third kappa shape index (κ3) is 2.37. The monoisotopic (exact) mass is 515 g/mol. The normalized spacial score (nSPS) is 59.3. The molecule has 9 heteroatoms. The molecule has 7 bridgehead atoms. The maximum absolute atomic E-state index is 12.6. The number of ether oxygens (including phenoxy) is 6. The summed E-state index contributed by atoms with van der Waals surface area (Å²) < 4.78 is 38.3. The summed E-state index contributed by atoms with van der Waals surface area (Å²) in [6.07, 6.45) is 3.20. The lowest BCUT2D eigenvalue weighted by Crippen LogP contribution is -2.81. The van der Waals surface area contributed by atoms with Crippen LogP contribution in [0.15, 0.2) is 0 Å². The lowest BCUT2D eigenvalue weighted by molar-refractivity contribution is -0.287. The van der Waals surface area contributed by atoms with Crippen molar-refractivity contribution in [1.82, 2.24) is 4.90 Å². The number of halogens is 1. The summed E-state index contributed by atoms with van der Waals surface area (Å²) in [7, 11) is 7.32. The highest BCUT2D eigenvalue weighted by atomic mass is 35.5. The van der Waals surface area contributed by atoms with Crippen LogP contribution in [0.5, 0.6) is 0 Å². The molecule has 2 heterocycles. The predicted molar refractivity (Wildman–Crippen MR) is 128 cm³/mol. The number of likely N-dealkylation sites (N-methyl/N-ethyl adjacent to an activating group) is 1. The van der Waals surface area contributed by atoms with Crippen molar-refractivity contribution in [3.8, 4) is 0 Å². The predicted octanol–water partition coefficient (Wildman–Crippen LogP) is 1.71. The Hall–Kier alpha value is -0.0300. The highest BCUT2D eigenvalue weighted by molar-refractivity contribution is 5.85. The number of aliphatic hydroxyl groups is 1. The van der Waals surface area contributed by atoms with Gasteiger partial charge in [-0.05, 0) is 31.7 Å². The van der Waals surface area contributed by atoms with Gasteiger partial charge in [-0.1, -0.05) is 6.92 Å². The average molecular weight is 516 g/mol. The molecule has 0 radical (unpaired) electrons. The summed E-state index contributed by atoms with van der Waals surface area (Å²) in [4.78, 5) is 2.61. The zero-order valence-electron chi connectivity index (χ0n) is 21.6. The minimum atomic E-state index is -0.825. The highest BCUT2D eigenvalue weighted by Gasteiger charge is 2.93. The van der Waals surface area contributed by atoms with E-state index in [4.69, 9.17) is 28.4 Å². The Balaban J connectivity index is 0.00000229. The van der Waals surface area contributed by atoms with E-state index in [2.05, 4.69) is 11.8 Å². The largest absolute Gasteiger partial charge is 0.390 e. The second-order valence-corrected chi connectivity index (χ2v) is 12.2. The van der Waals surface area contributed by atoms with Crippen molar-refractivity contribution in [2.75, 3.05) is 54.9 Å². The summed E-state index contributed by atoms with van der Waals surface area (Å²) in [6, 6.07) is 0.0378. The van der Waals surface area contributed by atoms with E-state index in [-0.39, 0.29) is 66.2 Å². The molecule has 5 saturated carbocycles. The Labute approximate surface area is 214 Å². The first kappa shape index (κ1) is 25.3. The lowest BCUT2D eigenvalue weighted by Gasteiger charge is -2.70. The molecule has 35 heavy (non-hydrogen) atoms. The van der Waals surface area contributed by atoms with Crippen LogP contribution in [0.3, 0.4) is 0 Å². The first-order chi connectivity index (χ1) is 16.5. The zero-order valence-corrected chi connectivity index (χ0v) is 22.4. The van der Waals surface area contributed by atoms with Crippen molar-refractivity contribution in [3.63, 3.8) is 0 Å². The third-order valence-corrected chi connectivity index (χ3v) is 12.0.